The summed E-state index contributed by atoms with van der Waals surface area (Å²) >= 11 is 0. The average molecular weight is 275 g/mol. The van der Waals surface area contributed by atoms with Crippen LogP contribution in [0.1, 0.15) is 24.9 Å². The third-order valence-corrected chi connectivity index (χ3v) is 4.66. The molecular weight excluding hydrogens is 250 g/mol. The highest BCUT2D eigenvalue weighted by molar-refractivity contribution is 5.28. The van der Waals surface area contributed by atoms with Gasteiger partial charge in [-0.05, 0) is 24.1 Å². The van der Waals surface area contributed by atoms with Gasteiger partial charge in [-0.2, -0.15) is 0 Å². The number of rotatable bonds is 4. The van der Waals surface area contributed by atoms with Crippen molar-refractivity contribution in [2.45, 2.75) is 25.4 Å². The van der Waals surface area contributed by atoms with Crippen molar-refractivity contribution in [3.63, 3.8) is 0 Å². The molecule has 2 saturated heterocycles. The smallest absolute Gasteiger partial charge is 0.115 e. The Hall–Kier alpha value is -1.10. The largest absolute Gasteiger partial charge is 0.508 e. The van der Waals surface area contributed by atoms with E-state index in [2.05, 4.69) is 34.2 Å². The van der Waals surface area contributed by atoms with Crippen LogP contribution < -0.4 is 5.32 Å². The van der Waals surface area contributed by atoms with Gasteiger partial charge in [0, 0.05) is 51.4 Å². The lowest BCUT2D eigenvalue weighted by Gasteiger charge is -2.50. The lowest BCUT2D eigenvalue weighted by atomic mass is 9.96. The number of nitrogens with zero attached hydrogens (tertiary/aromatic N) is 2. The molecule has 1 atom stereocenters. The molecule has 2 N–H and O–H groups in total. The molecule has 0 saturated carbocycles. The van der Waals surface area contributed by atoms with Crippen LogP contribution in [-0.4, -0.2) is 60.2 Å². The van der Waals surface area contributed by atoms with E-state index in [1.54, 1.807) is 12.1 Å². The summed E-state index contributed by atoms with van der Waals surface area (Å²) in [6.07, 6.45) is 1.12. The van der Waals surface area contributed by atoms with Crippen LogP contribution in [0.2, 0.25) is 0 Å². The van der Waals surface area contributed by atoms with Crippen molar-refractivity contribution >= 4 is 0 Å². The van der Waals surface area contributed by atoms with E-state index in [4.69, 9.17) is 0 Å². The van der Waals surface area contributed by atoms with Crippen LogP contribution in [0, 0.1) is 0 Å². The van der Waals surface area contributed by atoms with Crippen molar-refractivity contribution in [2.75, 3.05) is 39.3 Å². The van der Waals surface area contributed by atoms with Gasteiger partial charge in [-0.25, -0.2) is 0 Å². The zero-order valence-electron chi connectivity index (χ0n) is 12.3. The number of phenols is 1. The third kappa shape index (κ3) is 2.82. The first kappa shape index (κ1) is 13.9. The molecule has 2 heterocycles. The lowest BCUT2D eigenvalue weighted by Crippen LogP contribution is -2.63. The van der Waals surface area contributed by atoms with E-state index in [9.17, 15) is 5.11 Å². The maximum absolute atomic E-state index is 9.41. The van der Waals surface area contributed by atoms with Crippen LogP contribution in [0.15, 0.2) is 24.3 Å². The highest BCUT2D eigenvalue weighted by Gasteiger charge is 2.35. The van der Waals surface area contributed by atoms with Gasteiger partial charge in [0.1, 0.15) is 5.75 Å². The monoisotopic (exact) mass is 275 g/mol. The molecule has 1 aromatic rings. The second-order valence-corrected chi connectivity index (χ2v) is 5.91. The van der Waals surface area contributed by atoms with Gasteiger partial charge in [-0.3, -0.25) is 9.80 Å². The van der Waals surface area contributed by atoms with Crippen molar-refractivity contribution in [1.29, 1.82) is 0 Å². The summed E-state index contributed by atoms with van der Waals surface area (Å²) in [5.41, 5.74) is 1.32. The van der Waals surface area contributed by atoms with Crippen molar-refractivity contribution in [1.82, 2.24) is 15.1 Å². The molecule has 20 heavy (non-hydrogen) atoms. The van der Waals surface area contributed by atoms with Gasteiger partial charge >= 0.3 is 0 Å². The minimum atomic E-state index is 0.353. The molecule has 2 aliphatic rings. The average Bonchev–Trinajstić information content (AvgIpc) is 2.44. The van der Waals surface area contributed by atoms with Crippen molar-refractivity contribution in [3.8, 4) is 5.75 Å². The van der Waals surface area contributed by atoms with Crippen LogP contribution in [0.4, 0.5) is 0 Å². The van der Waals surface area contributed by atoms with E-state index >= 15 is 0 Å². The third-order valence-electron chi connectivity index (χ3n) is 4.66. The molecule has 0 aliphatic carbocycles. The Morgan fingerprint density at radius 1 is 1.20 bits per heavy atom. The predicted octanol–water partition coefficient (Wildman–Crippen LogP) is 1.43. The molecule has 110 valence electrons. The summed E-state index contributed by atoms with van der Waals surface area (Å²) in [7, 11) is 0. The standard InChI is InChI=1S/C16H25N3O/c1-2-16(13-3-5-15(20)6-4-13)19-11-14(12-19)18-9-7-17-8-10-18/h3-6,14,16-17,20H,2,7-12H2,1H3. The number of hydrogen-bond donors (Lipinski definition) is 2. The van der Waals surface area contributed by atoms with Gasteiger partial charge in [0.05, 0.1) is 0 Å². The minimum Gasteiger partial charge on any atom is -0.508 e. The van der Waals surface area contributed by atoms with Crippen LogP contribution in [0.5, 0.6) is 5.75 Å². The van der Waals surface area contributed by atoms with Gasteiger partial charge in [-0.1, -0.05) is 19.1 Å². The Kier molecular flexibility index (Phi) is 4.24. The number of nitrogens with one attached hydrogen (secondary N) is 1. The molecule has 0 amide bonds. The molecule has 4 nitrogen and oxygen atoms in total. The fourth-order valence-corrected chi connectivity index (χ4v) is 3.42. The highest BCUT2D eigenvalue weighted by Crippen LogP contribution is 2.31. The zero-order chi connectivity index (χ0) is 13.9. The Morgan fingerprint density at radius 2 is 1.85 bits per heavy atom. The van der Waals surface area contributed by atoms with E-state index in [1.807, 2.05) is 0 Å². The molecule has 1 aromatic carbocycles. The van der Waals surface area contributed by atoms with E-state index in [1.165, 1.54) is 31.7 Å². The summed E-state index contributed by atoms with van der Waals surface area (Å²) in [5.74, 6) is 0.353. The molecule has 2 fully saturated rings. The summed E-state index contributed by atoms with van der Waals surface area (Å²) in [6.45, 7) is 9.24. The second-order valence-electron chi connectivity index (χ2n) is 5.91. The minimum absolute atomic E-state index is 0.353. The Labute approximate surface area is 121 Å². The molecule has 0 bridgehead atoms. The topological polar surface area (TPSA) is 38.7 Å². The quantitative estimate of drug-likeness (QED) is 0.872. The SMILES string of the molecule is CCC(c1ccc(O)cc1)N1CC(N2CCNCC2)C1. The van der Waals surface area contributed by atoms with Crippen molar-refractivity contribution in [2.24, 2.45) is 0 Å². The van der Waals surface area contributed by atoms with Crippen LogP contribution in [0.3, 0.4) is 0 Å². The van der Waals surface area contributed by atoms with Crippen LogP contribution >= 0.6 is 0 Å². The number of hydrogen-bond acceptors (Lipinski definition) is 4. The number of likely N-dealkylation sites (tertiary alicyclic amines) is 1. The van der Waals surface area contributed by atoms with Crippen LogP contribution in [0.25, 0.3) is 0 Å². The summed E-state index contributed by atoms with van der Waals surface area (Å²) in [6, 6.07) is 8.94. The Bertz CT molecular complexity index is 422. The van der Waals surface area contributed by atoms with Gasteiger partial charge in [0.25, 0.3) is 0 Å². The predicted molar refractivity (Wildman–Crippen MR) is 80.9 cm³/mol. The molecule has 0 aromatic heterocycles. The van der Waals surface area contributed by atoms with E-state index in [0.717, 1.165) is 25.6 Å². The van der Waals surface area contributed by atoms with Crippen molar-refractivity contribution < 1.29 is 5.11 Å². The molecule has 3 rings (SSSR count). The Balaban J connectivity index is 1.57. The molecule has 2 aliphatic heterocycles. The van der Waals surface area contributed by atoms with E-state index < -0.39 is 0 Å². The summed E-state index contributed by atoms with van der Waals surface area (Å²) in [5, 5.41) is 12.8. The molecule has 0 spiro atoms. The zero-order valence-corrected chi connectivity index (χ0v) is 12.3. The highest BCUT2D eigenvalue weighted by atomic mass is 16.3. The Morgan fingerprint density at radius 3 is 2.45 bits per heavy atom. The maximum Gasteiger partial charge on any atom is 0.115 e. The van der Waals surface area contributed by atoms with Crippen LogP contribution in [-0.2, 0) is 0 Å². The first-order chi connectivity index (χ1) is 9.78. The normalized spacial score (nSPS) is 23.4. The second kappa shape index (κ2) is 6.12. The van der Waals surface area contributed by atoms with Crippen molar-refractivity contribution in [3.05, 3.63) is 29.8 Å². The number of aromatic hydroxyl groups is 1. The van der Waals surface area contributed by atoms with E-state index in [-0.39, 0.29) is 0 Å². The van der Waals surface area contributed by atoms with Gasteiger partial charge < -0.3 is 10.4 Å². The van der Waals surface area contributed by atoms with Gasteiger partial charge in [-0.15, -0.1) is 0 Å². The maximum atomic E-state index is 9.41. The molecule has 1 unspecified atom stereocenters. The molecular formula is C16H25N3O. The van der Waals surface area contributed by atoms with E-state index in [0.29, 0.717) is 11.8 Å². The number of piperazine rings is 1. The lowest BCUT2D eigenvalue weighted by molar-refractivity contribution is -0.00234. The first-order valence-corrected chi connectivity index (χ1v) is 7.75. The summed E-state index contributed by atoms with van der Waals surface area (Å²) < 4.78 is 0. The number of benzene rings is 1. The summed E-state index contributed by atoms with van der Waals surface area (Å²) in [4.78, 5) is 5.19. The fourth-order valence-electron chi connectivity index (χ4n) is 3.42. The fraction of sp³-hybridized carbons (Fsp3) is 0.625. The van der Waals surface area contributed by atoms with Gasteiger partial charge in [0.2, 0.25) is 0 Å². The number of phenolic OH excluding ortho intramolecular Hbond substituents is 1. The van der Waals surface area contributed by atoms with Gasteiger partial charge in [0.15, 0.2) is 0 Å². The molecule has 0 radical (unpaired) electrons. The molecule has 4 heteroatoms. The first-order valence-electron chi connectivity index (χ1n) is 7.75.